The monoisotopic (exact) mass is 676 g/mol. The molecule has 0 aliphatic carbocycles. The Balaban J connectivity index is -0.0000000655. The third-order valence-corrected chi connectivity index (χ3v) is 6.86. The van der Waals surface area contributed by atoms with Crippen molar-refractivity contribution in [2.75, 3.05) is 13.7 Å². The van der Waals surface area contributed by atoms with Crippen LogP contribution in [-0.4, -0.2) is 22.1 Å². The SMILES string of the molecule is C.C.C.C.C.C.C.C.CC(C)(C)C.CC(C)(C)c1ccc(C(C)(C)C)cc1.COc1ccc(S(=O)(=O)NCCCC(C)(C)C)cc1. The first-order chi connectivity index (χ1) is 17.0. The molecule has 2 aromatic rings. The molecule has 1 N–H and O–H groups in total. The van der Waals surface area contributed by atoms with E-state index in [1.807, 2.05) is 0 Å². The van der Waals surface area contributed by atoms with Crippen LogP contribution in [0.5, 0.6) is 5.75 Å². The van der Waals surface area contributed by atoms with Gasteiger partial charge in [-0.15, -0.1) is 0 Å². The minimum absolute atomic E-state index is 0. The van der Waals surface area contributed by atoms with Gasteiger partial charge in [-0.05, 0) is 69.9 Å². The van der Waals surface area contributed by atoms with Gasteiger partial charge in [-0.3, -0.25) is 0 Å². The summed E-state index contributed by atoms with van der Waals surface area (Å²) in [7, 11) is -1.86. The van der Waals surface area contributed by atoms with Crippen LogP contribution in [0.4, 0.5) is 0 Å². The Morgan fingerprint density at radius 2 is 0.870 bits per heavy atom. The highest BCUT2D eigenvalue weighted by Crippen LogP contribution is 2.27. The Morgan fingerprint density at radius 1 is 0.565 bits per heavy atom. The molecule has 5 heteroatoms. The Labute approximate surface area is 295 Å². The van der Waals surface area contributed by atoms with Crippen molar-refractivity contribution in [1.29, 1.82) is 0 Å². The molecule has 0 bridgehead atoms. The van der Waals surface area contributed by atoms with Crippen LogP contribution in [0.3, 0.4) is 0 Å². The molecule has 46 heavy (non-hydrogen) atoms. The lowest BCUT2D eigenvalue weighted by Crippen LogP contribution is -2.25. The van der Waals surface area contributed by atoms with Gasteiger partial charge in [0.2, 0.25) is 10.0 Å². The molecule has 0 aliphatic rings. The van der Waals surface area contributed by atoms with Gasteiger partial charge >= 0.3 is 0 Å². The highest BCUT2D eigenvalue weighted by Gasteiger charge is 2.17. The zero-order chi connectivity index (χ0) is 30.0. The number of sulfonamides is 1. The summed E-state index contributed by atoms with van der Waals surface area (Å²) in [6.07, 6.45) is 1.82. The third-order valence-electron chi connectivity index (χ3n) is 5.38. The number of nitrogens with one attached hydrogen (secondary N) is 1. The minimum atomic E-state index is -3.41. The summed E-state index contributed by atoms with van der Waals surface area (Å²) in [5.74, 6) is 0.645. The maximum Gasteiger partial charge on any atom is 0.240 e. The quantitative estimate of drug-likeness (QED) is 0.310. The van der Waals surface area contributed by atoms with E-state index in [9.17, 15) is 8.42 Å². The molecule has 0 fully saturated rings. The summed E-state index contributed by atoms with van der Waals surface area (Å²) in [6.45, 7) is 29.1. The number of ether oxygens (including phenoxy) is 1. The van der Waals surface area contributed by atoms with Crippen LogP contribution in [0.1, 0.15) is 173 Å². The minimum Gasteiger partial charge on any atom is -0.497 e. The standard InChI is InChI=1S/C14H23NO3S.C14H22.C5H12.8CH4/c1-14(2,3)10-5-11-15-19(16,17)13-8-6-12(18-4)7-9-13;1-13(2,3)11-7-9-12(10-8-11)14(4,5)6;1-5(2,3)4;;;;;;;;/h6-9,15H,5,10-11H2,1-4H3;7-10H,1-6H3;1-4H3;8*1H4. The van der Waals surface area contributed by atoms with Crippen LogP contribution in [0, 0.1) is 10.8 Å². The van der Waals surface area contributed by atoms with Crippen molar-refractivity contribution in [2.45, 2.75) is 178 Å². The molecule has 0 aliphatic heterocycles. The average molecular weight is 676 g/mol. The van der Waals surface area contributed by atoms with Crippen molar-refractivity contribution in [3.05, 3.63) is 59.7 Å². The van der Waals surface area contributed by atoms with Gasteiger partial charge in [-0.1, -0.05) is 174 Å². The van der Waals surface area contributed by atoms with Crippen LogP contribution in [0.15, 0.2) is 53.4 Å². The van der Waals surface area contributed by atoms with Crippen molar-refractivity contribution in [3.63, 3.8) is 0 Å². The molecule has 282 valence electrons. The van der Waals surface area contributed by atoms with Crippen molar-refractivity contribution in [2.24, 2.45) is 10.8 Å². The van der Waals surface area contributed by atoms with Crippen molar-refractivity contribution < 1.29 is 13.2 Å². The van der Waals surface area contributed by atoms with E-state index in [4.69, 9.17) is 4.74 Å². The Hall–Kier alpha value is -1.85. The van der Waals surface area contributed by atoms with E-state index in [0.717, 1.165) is 12.8 Å². The molecule has 0 atom stereocenters. The Bertz CT molecular complexity index is 989. The topological polar surface area (TPSA) is 55.4 Å². The van der Waals surface area contributed by atoms with E-state index in [2.05, 4.69) is 119 Å². The fourth-order valence-electron chi connectivity index (χ4n) is 3.13. The van der Waals surface area contributed by atoms with Crippen LogP contribution < -0.4 is 9.46 Å². The van der Waals surface area contributed by atoms with Gasteiger partial charge < -0.3 is 4.74 Å². The molecular formula is C41H89NO3S. The molecule has 2 aromatic carbocycles. The maximum atomic E-state index is 12.0. The number of methoxy groups -OCH3 is 1. The highest BCUT2D eigenvalue weighted by molar-refractivity contribution is 7.89. The molecule has 0 heterocycles. The fourth-order valence-corrected chi connectivity index (χ4v) is 4.21. The second-order valence-electron chi connectivity index (χ2n) is 14.8. The maximum absolute atomic E-state index is 12.0. The van der Waals surface area contributed by atoms with E-state index in [1.54, 1.807) is 31.4 Å². The smallest absolute Gasteiger partial charge is 0.240 e. The molecule has 0 saturated heterocycles. The second kappa shape index (κ2) is 27.1. The van der Waals surface area contributed by atoms with E-state index in [0.29, 0.717) is 17.7 Å². The van der Waals surface area contributed by atoms with Gasteiger partial charge in [0.25, 0.3) is 0 Å². The number of hydrogen-bond donors (Lipinski definition) is 1. The van der Waals surface area contributed by atoms with E-state index >= 15 is 0 Å². The first kappa shape index (κ1) is 66.5. The molecule has 0 saturated carbocycles. The molecule has 0 aromatic heterocycles. The van der Waals surface area contributed by atoms with E-state index in [1.165, 1.54) is 11.1 Å². The van der Waals surface area contributed by atoms with Crippen LogP contribution in [0.2, 0.25) is 0 Å². The predicted molar refractivity (Wildman–Crippen MR) is 220 cm³/mol. The number of hydrogen-bond acceptors (Lipinski definition) is 3. The largest absolute Gasteiger partial charge is 0.497 e. The van der Waals surface area contributed by atoms with Gasteiger partial charge in [0.05, 0.1) is 12.0 Å². The number of rotatable bonds is 6. The zero-order valence-electron chi connectivity index (χ0n) is 26.9. The summed E-state index contributed by atoms with van der Waals surface area (Å²) in [5, 5.41) is 0. The second-order valence-corrected chi connectivity index (χ2v) is 16.6. The van der Waals surface area contributed by atoms with Gasteiger partial charge in [-0.2, -0.15) is 0 Å². The molecule has 0 unspecified atom stereocenters. The fraction of sp³-hybridized carbons (Fsp3) is 0.707. The van der Waals surface area contributed by atoms with Crippen molar-refractivity contribution in [3.8, 4) is 5.75 Å². The molecule has 0 spiro atoms. The first-order valence-electron chi connectivity index (χ1n) is 13.7. The molecule has 2 rings (SSSR count). The van der Waals surface area contributed by atoms with Crippen LogP contribution >= 0.6 is 0 Å². The normalized spacial score (nSPS) is 10.4. The van der Waals surface area contributed by atoms with Gasteiger partial charge in [0, 0.05) is 6.54 Å². The lowest BCUT2D eigenvalue weighted by atomic mass is 9.82. The number of benzene rings is 2. The van der Waals surface area contributed by atoms with E-state index < -0.39 is 10.0 Å². The molecule has 0 amide bonds. The summed E-state index contributed by atoms with van der Waals surface area (Å²) >= 11 is 0. The average Bonchev–Trinajstić information content (AvgIpc) is 2.74. The zero-order valence-corrected chi connectivity index (χ0v) is 27.7. The Morgan fingerprint density at radius 3 is 1.11 bits per heavy atom. The molecule has 4 nitrogen and oxygen atoms in total. The predicted octanol–water partition coefficient (Wildman–Crippen LogP) is 14.2. The summed E-state index contributed by atoms with van der Waals surface area (Å²) < 4.78 is 31.6. The Kier molecular flexibility index (Phi) is 39.3. The first-order valence-corrected chi connectivity index (χ1v) is 15.2. The molecular weight excluding hydrogens is 587 g/mol. The van der Waals surface area contributed by atoms with Crippen molar-refractivity contribution >= 4 is 10.0 Å². The molecule has 0 radical (unpaired) electrons. The van der Waals surface area contributed by atoms with Gasteiger partial charge in [-0.25, -0.2) is 13.1 Å². The van der Waals surface area contributed by atoms with Gasteiger partial charge in [0.1, 0.15) is 5.75 Å². The summed E-state index contributed by atoms with van der Waals surface area (Å²) in [6, 6.07) is 15.4. The van der Waals surface area contributed by atoms with Crippen LogP contribution in [-0.2, 0) is 20.9 Å². The lowest BCUT2D eigenvalue weighted by molar-refractivity contribution is 0.365. The highest BCUT2D eigenvalue weighted by atomic mass is 32.2. The summed E-state index contributed by atoms with van der Waals surface area (Å²) in [5.41, 5.74) is 4.06. The summed E-state index contributed by atoms with van der Waals surface area (Å²) in [4.78, 5) is 0.268. The van der Waals surface area contributed by atoms with Crippen LogP contribution in [0.25, 0.3) is 0 Å². The lowest BCUT2D eigenvalue weighted by Gasteiger charge is -2.23. The van der Waals surface area contributed by atoms with E-state index in [-0.39, 0.29) is 80.6 Å². The third kappa shape index (κ3) is 32.1. The van der Waals surface area contributed by atoms with Gasteiger partial charge in [0.15, 0.2) is 0 Å². The van der Waals surface area contributed by atoms with Crippen molar-refractivity contribution in [1.82, 2.24) is 4.72 Å².